The summed E-state index contributed by atoms with van der Waals surface area (Å²) in [6, 6.07) is 14.5. The number of rotatable bonds is 4. The first-order chi connectivity index (χ1) is 11.1. The molecule has 0 radical (unpaired) electrons. The normalized spacial score (nSPS) is 10.7. The fraction of sp³-hybridized carbons (Fsp3) is 0.0588. The van der Waals surface area contributed by atoms with Gasteiger partial charge in [-0.25, -0.2) is 13.8 Å². The van der Waals surface area contributed by atoms with E-state index in [0.29, 0.717) is 5.03 Å². The number of carbonyl (C=O) groups excluding carboxylic acids is 1. The minimum Gasteiger partial charge on any atom is -0.323 e. The van der Waals surface area contributed by atoms with E-state index in [9.17, 15) is 13.6 Å². The molecule has 3 aromatic rings. The lowest BCUT2D eigenvalue weighted by molar-refractivity contribution is -0.113. The van der Waals surface area contributed by atoms with Gasteiger partial charge < -0.3 is 5.32 Å². The number of halogens is 2. The lowest BCUT2D eigenvalue weighted by atomic mass is 10.2. The number of pyridine rings is 1. The molecule has 0 saturated carbocycles. The molecule has 0 aliphatic heterocycles. The average Bonchev–Trinajstić information content (AvgIpc) is 2.55. The van der Waals surface area contributed by atoms with Crippen LogP contribution in [0.1, 0.15) is 0 Å². The van der Waals surface area contributed by atoms with Gasteiger partial charge in [0.2, 0.25) is 5.91 Å². The monoisotopic (exact) mass is 330 g/mol. The van der Waals surface area contributed by atoms with Crippen molar-refractivity contribution in [1.29, 1.82) is 0 Å². The van der Waals surface area contributed by atoms with Gasteiger partial charge in [0.15, 0.2) is 0 Å². The number of amides is 1. The van der Waals surface area contributed by atoms with Crippen molar-refractivity contribution in [2.45, 2.75) is 5.03 Å². The van der Waals surface area contributed by atoms with Crippen molar-refractivity contribution < 1.29 is 13.6 Å². The number of para-hydroxylation sites is 1. The number of hydrogen-bond acceptors (Lipinski definition) is 3. The zero-order valence-corrected chi connectivity index (χ0v) is 12.7. The lowest BCUT2D eigenvalue weighted by Gasteiger charge is -2.06. The second-order valence-electron chi connectivity index (χ2n) is 4.80. The minimum absolute atomic E-state index is 0.0385. The molecular formula is C17H12F2N2OS. The first kappa shape index (κ1) is 15.4. The highest BCUT2D eigenvalue weighted by atomic mass is 32.2. The van der Waals surface area contributed by atoms with E-state index in [0.717, 1.165) is 23.0 Å². The maximum absolute atomic E-state index is 13.5. The van der Waals surface area contributed by atoms with E-state index >= 15 is 0 Å². The predicted octanol–water partition coefficient (Wildman–Crippen LogP) is 4.24. The Bertz CT molecular complexity index is 870. The van der Waals surface area contributed by atoms with Gasteiger partial charge in [0, 0.05) is 11.5 Å². The van der Waals surface area contributed by atoms with E-state index in [2.05, 4.69) is 10.3 Å². The number of hydrogen-bond donors (Lipinski definition) is 1. The van der Waals surface area contributed by atoms with Crippen molar-refractivity contribution in [3.8, 4) is 0 Å². The minimum atomic E-state index is -0.799. The second-order valence-corrected chi connectivity index (χ2v) is 5.80. The Balaban J connectivity index is 1.63. The quantitative estimate of drug-likeness (QED) is 0.727. The van der Waals surface area contributed by atoms with Crippen LogP contribution in [0.3, 0.4) is 0 Å². The third-order valence-electron chi connectivity index (χ3n) is 3.13. The average molecular weight is 330 g/mol. The molecule has 0 unspecified atom stereocenters. The molecule has 3 nitrogen and oxygen atoms in total. The maximum Gasteiger partial charge on any atom is 0.234 e. The second kappa shape index (κ2) is 6.75. The standard InChI is InChI=1S/C17H12F2N2OS/c18-12-6-7-15(13(19)9-12)20-16(22)10-23-17-8-5-11-3-1-2-4-14(11)21-17/h1-9H,10H2,(H,20,22). The van der Waals surface area contributed by atoms with Crippen LogP contribution in [-0.4, -0.2) is 16.6 Å². The topological polar surface area (TPSA) is 42.0 Å². The van der Waals surface area contributed by atoms with E-state index in [1.54, 1.807) is 0 Å². The molecule has 116 valence electrons. The first-order valence-corrected chi connectivity index (χ1v) is 7.84. The van der Waals surface area contributed by atoms with Crippen LogP contribution in [-0.2, 0) is 4.79 Å². The van der Waals surface area contributed by atoms with Gasteiger partial charge in [-0.05, 0) is 24.3 Å². The number of fused-ring (bicyclic) bond motifs is 1. The number of thioether (sulfide) groups is 1. The molecule has 0 fully saturated rings. The summed E-state index contributed by atoms with van der Waals surface area (Å²) < 4.78 is 26.3. The Morgan fingerprint density at radius 3 is 2.74 bits per heavy atom. The van der Waals surface area contributed by atoms with Gasteiger partial charge in [0.05, 0.1) is 22.0 Å². The lowest BCUT2D eigenvalue weighted by Crippen LogP contribution is -2.15. The van der Waals surface area contributed by atoms with E-state index in [4.69, 9.17) is 0 Å². The Hall–Kier alpha value is -2.47. The van der Waals surface area contributed by atoms with Crippen molar-refractivity contribution in [2.24, 2.45) is 0 Å². The van der Waals surface area contributed by atoms with Crippen LogP contribution in [0.2, 0.25) is 0 Å². The van der Waals surface area contributed by atoms with Gasteiger partial charge in [-0.1, -0.05) is 36.0 Å². The third-order valence-corrected chi connectivity index (χ3v) is 4.06. The van der Waals surface area contributed by atoms with Gasteiger partial charge in [-0.15, -0.1) is 0 Å². The van der Waals surface area contributed by atoms with Crippen LogP contribution >= 0.6 is 11.8 Å². The SMILES string of the molecule is O=C(CSc1ccc2ccccc2n1)Nc1ccc(F)cc1F. The van der Waals surface area contributed by atoms with Crippen molar-refractivity contribution in [2.75, 3.05) is 11.1 Å². The van der Waals surface area contributed by atoms with E-state index in [1.165, 1.54) is 17.8 Å². The van der Waals surface area contributed by atoms with Crippen LogP contribution in [0.5, 0.6) is 0 Å². The Morgan fingerprint density at radius 2 is 1.91 bits per heavy atom. The molecule has 0 saturated heterocycles. The largest absolute Gasteiger partial charge is 0.323 e. The molecule has 1 N–H and O–H groups in total. The summed E-state index contributed by atoms with van der Waals surface area (Å²) in [5.74, 6) is -1.78. The number of nitrogens with zero attached hydrogens (tertiary/aromatic N) is 1. The molecule has 0 bridgehead atoms. The highest BCUT2D eigenvalue weighted by molar-refractivity contribution is 7.99. The zero-order valence-electron chi connectivity index (χ0n) is 11.9. The van der Waals surface area contributed by atoms with Gasteiger partial charge in [-0.3, -0.25) is 4.79 Å². The van der Waals surface area contributed by atoms with Crippen LogP contribution in [0.15, 0.2) is 59.6 Å². The van der Waals surface area contributed by atoms with Crippen molar-refractivity contribution >= 4 is 34.3 Å². The van der Waals surface area contributed by atoms with Crippen LogP contribution in [0, 0.1) is 11.6 Å². The fourth-order valence-electron chi connectivity index (χ4n) is 2.04. The highest BCUT2D eigenvalue weighted by Crippen LogP contribution is 2.21. The number of aromatic nitrogens is 1. The number of carbonyl (C=O) groups is 1. The first-order valence-electron chi connectivity index (χ1n) is 6.85. The summed E-state index contributed by atoms with van der Waals surface area (Å²) in [7, 11) is 0. The van der Waals surface area contributed by atoms with Gasteiger partial charge in [-0.2, -0.15) is 0 Å². The number of nitrogens with one attached hydrogen (secondary N) is 1. The van der Waals surface area contributed by atoms with Crippen molar-refractivity contribution in [1.82, 2.24) is 4.98 Å². The Labute approximate surface area is 135 Å². The highest BCUT2D eigenvalue weighted by Gasteiger charge is 2.09. The van der Waals surface area contributed by atoms with Crippen molar-refractivity contribution in [3.63, 3.8) is 0 Å². The maximum atomic E-state index is 13.5. The molecule has 1 aromatic heterocycles. The Kier molecular flexibility index (Phi) is 4.52. The summed E-state index contributed by atoms with van der Waals surface area (Å²) >= 11 is 1.25. The molecular weight excluding hydrogens is 318 g/mol. The van der Waals surface area contributed by atoms with Crippen LogP contribution < -0.4 is 5.32 Å². The molecule has 6 heteroatoms. The van der Waals surface area contributed by atoms with E-state index in [-0.39, 0.29) is 17.3 Å². The molecule has 0 aliphatic rings. The fourth-order valence-corrected chi connectivity index (χ4v) is 2.72. The summed E-state index contributed by atoms with van der Waals surface area (Å²) in [5, 5.41) is 4.15. The number of anilines is 1. The zero-order chi connectivity index (χ0) is 16.2. The molecule has 2 aromatic carbocycles. The van der Waals surface area contributed by atoms with Gasteiger partial charge >= 0.3 is 0 Å². The molecule has 3 rings (SSSR count). The third kappa shape index (κ3) is 3.84. The van der Waals surface area contributed by atoms with Crippen molar-refractivity contribution in [3.05, 3.63) is 66.2 Å². The Morgan fingerprint density at radius 1 is 1.09 bits per heavy atom. The van der Waals surface area contributed by atoms with Crippen LogP contribution in [0.4, 0.5) is 14.5 Å². The predicted molar refractivity (Wildman–Crippen MR) is 87.5 cm³/mol. The molecule has 1 heterocycles. The molecule has 1 amide bonds. The summed E-state index contributed by atoms with van der Waals surface area (Å²) in [5.41, 5.74) is 0.811. The summed E-state index contributed by atoms with van der Waals surface area (Å²) in [6.07, 6.45) is 0. The van der Waals surface area contributed by atoms with E-state index in [1.807, 2.05) is 36.4 Å². The van der Waals surface area contributed by atoms with Gasteiger partial charge in [0.25, 0.3) is 0 Å². The molecule has 0 spiro atoms. The smallest absolute Gasteiger partial charge is 0.234 e. The summed E-state index contributed by atoms with van der Waals surface area (Å²) in [6.45, 7) is 0. The molecule has 23 heavy (non-hydrogen) atoms. The summed E-state index contributed by atoms with van der Waals surface area (Å²) in [4.78, 5) is 16.3. The number of benzene rings is 2. The molecule has 0 atom stereocenters. The molecule has 0 aliphatic carbocycles. The van der Waals surface area contributed by atoms with Gasteiger partial charge in [0.1, 0.15) is 11.6 Å². The van der Waals surface area contributed by atoms with E-state index < -0.39 is 11.6 Å². The van der Waals surface area contributed by atoms with Crippen LogP contribution in [0.25, 0.3) is 10.9 Å².